The highest BCUT2D eigenvalue weighted by Crippen LogP contribution is 2.16. The molecule has 0 aliphatic rings. The number of fused-ring (bicyclic) bond motifs is 1. The molecule has 0 aliphatic carbocycles. The number of nitrogens with zero attached hydrogens (tertiary/aromatic N) is 1. The number of nitrogens with two attached hydrogens (primary N) is 1. The van der Waals surface area contributed by atoms with Crippen LogP contribution in [0, 0.1) is 0 Å². The third kappa shape index (κ3) is 2.47. The Morgan fingerprint density at radius 2 is 1.95 bits per heavy atom. The monoisotopic (exact) mass is 268 g/mol. The van der Waals surface area contributed by atoms with Gasteiger partial charge >= 0.3 is 11.7 Å². The summed E-state index contributed by atoms with van der Waals surface area (Å²) in [4.78, 5) is 15.9. The predicted octanol–water partition coefficient (Wildman–Crippen LogP) is 2.35. The van der Waals surface area contributed by atoms with E-state index in [1.165, 1.54) is 0 Å². The molecule has 0 saturated carbocycles. The van der Waals surface area contributed by atoms with Gasteiger partial charge in [-0.05, 0) is 23.8 Å². The summed E-state index contributed by atoms with van der Waals surface area (Å²) in [6.07, 6.45) is -0.0584. The first-order valence-corrected chi connectivity index (χ1v) is 6.09. The molecule has 0 atom stereocenters. The Hall–Kier alpha value is -2.82. The lowest BCUT2D eigenvalue weighted by Gasteiger charge is -2.04. The summed E-state index contributed by atoms with van der Waals surface area (Å²) in [7, 11) is 0. The average Bonchev–Trinajstić information content (AvgIpc) is 2.46. The summed E-state index contributed by atoms with van der Waals surface area (Å²) in [5, 5.41) is 0.381. The number of nitrogen functional groups attached to an aromatic ring is 1. The van der Waals surface area contributed by atoms with Crippen LogP contribution in [0.5, 0.6) is 6.08 Å². The predicted molar refractivity (Wildman–Crippen MR) is 75.5 cm³/mol. The van der Waals surface area contributed by atoms with Crippen LogP contribution in [-0.4, -0.2) is 4.98 Å². The van der Waals surface area contributed by atoms with Gasteiger partial charge in [0.2, 0.25) is 0 Å². The van der Waals surface area contributed by atoms with E-state index < -0.39 is 5.63 Å². The average molecular weight is 268 g/mol. The van der Waals surface area contributed by atoms with Crippen molar-refractivity contribution >= 4 is 16.6 Å². The molecule has 2 N–H and O–H groups in total. The zero-order valence-corrected chi connectivity index (χ0v) is 10.6. The zero-order valence-electron chi connectivity index (χ0n) is 10.6. The summed E-state index contributed by atoms with van der Waals surface area (Å²) in [6, 6.07) is 14.4. The molecular weight excluding hydrogens is 256 g/mol. The summed E-state index contributed by atoms with van der Waals surface area (Å²) >= 11 is 0. The number of ether oxygens (including phenoxy) is 1. The normalized spacial score (nSPS) is 10.6. The van der Waals surface area contributed by atoms with E-state index >= 15 is 0 Å². The van der Waals surface area contributed by atoms with Crippen molar-refractivity contribution in [3.63, 3.8) is 0 Å². The number of benzene rings is 2. The van der Waals surface area contributed by atoms with Crippen LogP contribution in [0.25, 0.3) is 10.9 Å². The number of aromatic nitrogens is 1. The van der Waals surface area contributed by atoms with Gasteiger partial charge in [0.1, 0.15) is 6.61 Å². The molecule has 3 aromatic rings. The third-order valence-electron chi connectivity index (χ3n) is 2.84. The molecule has 0 unspecified atom stereocenters. The van der Waals surface area contributed by atoms with Crippen LogP contribution < -0.4 is 16.1 Å². The van der Waals surface area contributed by atoms with Gasteiger partial charge in [0.25, 0.3) is 0 Å². The van der Waals surface area contributed by atoms with Crippen molar-refractivity contribution in [1.29, 1.82) is 0 Å². The maximum atomic E-state index is 11.8. The zero-order chi connectivity index (χ0) is 13.9. The first kappa shape index (κ1) is 12.2. The van der Waals surface area contributed by atoms with Gasteiger partial charge in [0.15, 0.2) is 0 Å². The van der Waals surface area contributed by atoms with E-state index in [2.05, 4.69) is 4.98 Å². The fourth-order valence-electron chi connectivity index (χ4n) is 1.85. The van der Waals surface area contributed by atoms with Gasteiger partial charge in [-0.1, -0.05) is 30.3 Å². The first-order valence-electron chi connectivity index (χ1n) is 6.09. The fourth-order valence-corrected chi connectivity index (χ4v) is 1.85. The lowest BCUT2D eigenvalue weighted by atomic mass is 10.2. The first-order chi connectivity index (χ1) is 9.72. The molecule has 2 aromatic carbocycles. The highest BCUT2D eigenvalue weighted by molar-refractivity contribution is 5.80. The Labute approximate surface area is 114 Å². The summed E-state index contributed by atoms with van der Waals surface area (Å²) in [6.45, 7) is 0.282. The Morgan fingerprint density at radius 1 is 1.15 bits per heavy atom. The van der Waals surface area contributed by atoms with Crippen molar-refractivity contribution < 1.29 is 9.15 Å². The molecule has 1 heterocycles. The molecule has 0 spiro atoms. The van der Waals surface area contributed by atoms with E-state index in [9.17, 15) is 4.79 Å². The molecule has 5 heteroatoms. The van der Waals surface area contributed by atoms with Crippen molar-refractivity contribution in [2.45, 2.75) is 6.61 Å². The quantitative estimate of drug-likeness (QED) is 0.738. The van der Waals surface area contributed by atoms with E-state index in [0.29, 0.717) is 16.6 Å². The van der Waals surface area contributed by atoms with Crippen LogP contribution in [0.4, 0.5) is 5.69 Å². The Bertz CT molecular complexity index is 797. The van der Waals surface area contributed by atoms with Crippen LogP contribution in [0.2, 0.25) is 0 Å². The minimum atomic E-state index is -0.488. The van der Waals surface area contributed by atoms with Crippen molar-refractivity contribution in [3.05, 3.63) is 64.5 Å². The highest BCUT2D eigenvalue weighted by Gasteiger charge is 2.07. The van der Waals surface area contributed by atoms with Gasteiger partial charge in [-0.25, -0.2) is 4.79 Å². The van der Waals surface area contributed by atoms with E-state index in [1.807, 2.05) is 30.3 Å². The lowest BCUT2D eigenvalue weighted by Crippen LogP contribution is -2.05. The van der Waals surface area contributed by atoms with Crippen LogP contribution in [0.3, 0.4) is 0 Å². The topological polar surface area (TPSA) is 78.4 Å². The van der Waals surface area contributed by atoms with Gasteiger partial charge in [-0.15, -0.1) is 0 Å². The molecule has 100 valence electrons. The largest absolute Gasteiger partial charge is 0.445 e. The molecule has 0 fully saturated rings. The molecule has 1 aromatic heterocycles. The Morgan fingerprint density at radius 3 is 2.75 bits per heavy atom. The molecule has 0 saturated heterocycles. The standard InChI is InChI=1S/C15H12N2O3/c16-11-6-7-12-13(8-11)17-15(20-14(12)18)19-9-10-4-2-1-3-5-10/h1-8H,9,16H2. The van der Waals surface area contributed by atoms with Crippen molar-refractivity contribution in [2.75, 3.05) is 5.73 Å². The van der Waals surface area contributed by atoms with Crippen molar-refractivity contribution in [3.8, 4) is 6.08 Å². The minimum Gasteiger partial charge on any atom is -0.445 e. The van der Waals surface area contributed by atoms with Gasteiger partial charge in [0, 0.05) is 5.69 Å². The Kier molecular flexibility index (Phi) is 3.09. The third-order valence-corrected chi connectivity index (χ3v) is 2.84. The number of anilines is 1. The molecule has 0 aliphatic heterocycles. The second-order valence-electron chi connectivity index (χ2n) is 4.32. The summed E-state index contributed by atoms with van der Waals surface area (Å²) in [5.74, 6) is 0. The summed E-state index contributed by atoms with van der Waals surface area (Å²) in [5.41, 5.74) is 7.14. The molecular formula is C15H12N2O3. The van der Waals surface area contributed by atoms with Gasteiger partial charge in [-0.3, -0.25) is 0 Å². The number of rotatable bonds is 3. The van der Waals surface area contributed by atoms with Crippen molar-refractivity contribution in [1.82, 2.24) is 4.98 Å². The summed E-state index contributed by atoms with van der Waals surface area (Å²) < 4.78 is 10.4. The second kappa shape index (κ2) is 5.05. The fraction of sp³-hybridized carbons (Fsp3) is 0.0667. The van der Waals surface area contributed by atoms with Crippen LogP contribution in [-0.2, 0) is 6.61 Å². The molecule has 0 amide bonds. The maximum absolute atomic E-state index is 11.8. The SMILES string of the molecule is Nc1ccc2c(=O)oc(OCc3ccccc3)nc2c1. The second-order valence-corrected chi connectivity index (χ2v) is 4.32. The van der Waals surface area contributed by atoms with Crippen molar-refractivity contribution in [2.24, 2.45) is 0 Å². The number of hydrogen-bond donors (Lipinski definition) is 1. The molecule has 3 rings (SSSR count). The highest BCUT2D eigenvalue weighted by atomic mass is 16.6. The maximum Gasteiger partial charge on any atom is 0.397 e. The van der Waals surface area contributed by atoms with Gasteiger partial charge in [0.05, 0.1) is 10.9 Å². The smallest absolute Gasteiger partial charge is 0.397 e. The van der Waals surface area contributed by atoms with Crippen LogP contribution in [0.15, 0.2) is 57.7 Å². The Balaban J connectivity index is 1.90. The van der Waals surface area contributed by atoms with E-state index in [4.69, 9.17) is 14.9 Å². The van der Waals surface area contributed by atoms with Gasteiger partial charge < -0.3 is 14.9 Å². The van der Waals surface area contributed by atoms with Crippen LogP contribution >= 0.6 is 0 Å². The molecule has 0 bridgehead atoms. The van der Waals surface area contributed by atoms with Crippen LogP contribution in [0.1, 0.15) is 5.56 Å². The van der Waals surface area contributed by atoms with Gasteiger partial charge in [-0.2, -0.15) is 4.98 Å². The molecule has 5 nitrogen and oxygen atoms in total. The van der Waals surface area contributed by atoms with E-state index in [0.717, 1.165) is 5.56 Å². The lowest BCUT2D eigenvalue weighted by molar-refractivity contribution is 0.207. The molecule has 20 heavy (non-hydrogen) atoms. The number of hydrogen-bond acceptors (Lipinski definition) is 5. The van der Waals surface area contributed by atoms with E-state index in [-0.39, 0.29) is 12.7 Å². The van der Waals surface area contributed by atoms with E-state index in [1.54, 1.807) is 18.2 Å². The molecule has 0 radical (unpaired) electrons. The minimum absolute atomic E-state index is 0.0584.